The van der Waals surface area contributed by atoms with E-state index in [0.29, 0.717) is 6.42 Å². The average molecular weight is 360 g/mol. The van der Waals surface area contributed by atoms with E-state index in [4.69, 9.17) is 0 Å². The molecule has 0 spiro atoms. The van der Waals surface area contributed by atoms with E-state index >= 15 is 0 Å². The zero-order valence-corrected chi connectivity index (χ0v) is 15.1. The lowest BCUT2D eigenvalue weighted by Gasteiger charge is -2.20. The van der Waals surface area contributed by atoms with Crippen molar-refractivity contribution in [3.8, 4) is 0 Å². The van der Waals surface area contributed by atoms with Crippen molar-refractivity contribution in [3.05, 3.63) is 63.6 Å². The summed E-state index contributed by atoms with van der Waals surface area (Å²) >= 11 is 3.44. The number of carbonyl (C=O) groups excluding carboxylic acids is 1. The molecule has 0 saturated carbocycles. The zero-order chi connectivity index (χ0) is 16.3. The number of rotatable bonds is 3. The Bertz CT molecular complexity index is 686. The number of halogens is 1. The van der Waals surface area contributed by atoms with Crippen LogP contribution in [0.4, 0.5) is 5.69 Å². The molecule has 1 N–H and O–H groups in total. The van der Waals surface area contributed by atoms with Gasteiger partial charge in [0.05, 0.1) is 6.42 Å². The Morgan fingerprint density at radius 3 is 2.50 bits per heavy atom. The highest BCUT2D eigenvalue weighted by Gasteiger charge is 2.14. The number of aryl methyl sites for hydroxylation is 1. The summed E-state index contributed by atoms with van der Waals surface area (Å²) in [6.07, 6.45) is 0.388. The number of hydrogen-bond acceptors (Lipinski definition) is 1. The molecule has 0 aliphatic rings. The molecule has 0 unspecified atom stereocenters. The summed E-state index contributed by atoms with van der Waals surface area (Å²) in [6, 6.07) is 14.0. The monoisotopic (exact) mass is 359 g/mol. The van der Waals surface area contributed by atoms with Crippen LogP contribution in [0.25, 0.3) is 0 Å². The van der Waals surface area contributed by atoms with E-state index < -0.39 is 0 Å². The van der Waals surface area contributed by atoms with Gasteiger partial charge in [0.25, 0.3) is 0 Å². The molecular weight excluding hydrogens is 338 g/mol. The van der Waals surface area contributed by atoms with Gasteiger partial charge in [0.15, 0.2) is 0 Å². The molecule has 0 fully saturated rings. The van der Waals surface area contributed by atoms with Gasteiger partial charge in [-0.3, -0.25) is 4.79 Å². The molecule has 2 aromatic carbocycles. The molecule has 3 heteroatoms. The quantitative estimate of drug-likeness (QED) is 0.797. The van der Waals surface area contributed by atoms with Crippen LogP contribution in [0.1, 0.15) is 37.5 Å². The third-order valence-electron chi connectivity index (χ3n) is 3.67. The first kappa shape index (κ1) is 16.8. The van der Waals surface area contributed by atoms with E-state index in [2.05, 4.69) is 48.1 Å². The van der Waals surface area contributed by atoms with Crippen molar-refractivity contribution in [1.29, 1.82) is 0 Å². The van der Waals surface area contributed by atoms with Gasteiger partial charge < -0.3 is 5.32 Å². The van der Waals surface area contributed by atoms with E-state index in [1.807, 2.05) is 43.3 Å². The highest BCUT2D eigenvalue weighted by molar-refractivity contribution is 9.10. The Hall–Kier alpha value is -1.61. The van der Waals surface area contributed by atoms with Gasteiger partial charge in [0.1, 0.15) is 0 Å². The van der Waals surface area contributed by atoms with Gasteiger partial charge in [0, 0.05) is 10.2 Å². The number of carbonyl (C=O) groups is 1. The molecule has 0 radical (unpaired) electrons. The minimum Gasteiger partial charge on any atom is -0.326 e. The van der Waals surface area contributed by atoms with Crippen LogP contribution in [-0.2, 0) is 16.6 Å². The molecular formula is C19H22BrNO. The van der Waals surface area contributed by atoms with E-state index in [0.717, 1.165) is 21.3 Å². The summed E-state index contributed by atoms with van der Waals surface area (Å²) in [5, 5.41) is 2.99. The van der Waals surface area contributed by atoms with Gasteiger partial charge in [-0.15, -0.1) is 0 Å². The Morgan fingerprint density at radius 2 is 1.86 bits per heavy atom. The Kier molecular flexibility index (Phi) is 5.07. The summed E-state index contributed by atoms with van der Waals surface area (Å²) in [7, 11) is 0. The fourth-order valence-electron chi connectivity index (χ4n) is 2.30. The van der Waals surface area contributed by atoms with Crippen molar-refractivity contribution >= 4 is 27.5 Å². The highest BCUT2D eigenvalue weighted by atomic mass is 79.9. The van der Waals surface area contributed by atoms with Crippen LogP contribution < -0.4 is 5.32 Å². The van der Waals surface area contributed by atoms with Gasteiger partial charge in [-0.1, -0.05) is 54.9 Å². The number of anilines is 1. The van der Waals surface area contributed by atoms with Crippen molar-refractivity contribution in [2.24, 2.45) is 0 Å². The second-order valence-corrected chi connectivity index (χ2v) is 7.54. The fraction of sp³-hybridized carbons (Fsp3) is 0.316. The van der Waals surface area contributed by atoms with Crippen molar-refractivity contribution < 1.29 is 4.79 Å². The second kappa shape index (κ2) is 6.66. The second-order valence-electron chi connectivity index (χ2n) is 6.63. The largest absolute Gasteiger partial charge is 0.326 e. The van der Waals surface area contributed by atoms with Crippen LogP contribution >= 0.6 is 15.9 Å². The Morgan fingerprint density at radius 1 is 1.14 bits per heavy atom. The van der Waals surface area contributed by atoms with Crippen molar-refractivity contribution in [1.82, 2.24) is 0 Å². The van der Waals surface area contributed by atoms with Crippen LogP contribution in [0.2, 0.25) is 0 Å². The normalized spacial score (nSPS) is 11.3. The molecule has 1 amide bonds. The first-order chi connectivity index (χ1) is 10.3. The van der Waals surface area contributed by atoms with Crippen LogP contribution in [0, 0.1) is 6.92 Å². The summed E-state index contributed by atoms with van der Waals surface area (Å²) in [6.45, 7) is 8.52. The minimum absolute atomic E-state index is 0.0106. The molecule has 0 atom stereocenters. The lowest BCUT2D eigenvalue weighted by molar-refractivity contribution is -0.115. The maximum atomic E-state index is 12.3. The van der Waals surface area contributed by atoms with Gasteiger partial charge in [-0.05, 0) is 53.3 Å². The molecule has 2 aromatic rings. The van der Waals surface area contributed by atoms with Gasteiger partial charge in [0.2, 0.25) is 5.91 Å². The molecule has 2 nitrogen and oxygen atoms in total. The summed E-state index contributed by atoms with van der Waals surface area (Å²) < 4.78 is 1.03. The summed E-state index contributed by atoms with van der Waals surface area (Å²) in [4.78, 5) is 12.3. The third-order valence-corrected chi connectivity index (χ3v) is 4.16. The van der Waals surface area contributed by atoms with Crippen molar-refractivity contribution in [2.75, 3.05) is 5.32 Å². The van der Waals surface area contributed by atoms with E-state index in [1.165, 1.54) is 5.56 Å². The molecule has 2 rings (SSSR count). The van der Waals surface area contributed by atoms with E-state index in [-0.39, 0.29) is 11.3 Å². The smallest absolute Gasteiger partial charge is 0.228 e. The van der Waals surface area contributed by atoms with Gasteiger partial charge in [-0.25, -0.2) is 0 Å². The standard InChI is InChI=1S/C19H22BrNO/c1-13-10-16(20)9-8-14(13)11-18(22)21-17-7-5-6-15(12-17)19(2,3)4/h5-10,12H,11H2,1-4H3,(H,21,22). The predicted molar refractivity (Wildman–Crippen MR) is 96.4 cm³/mol. The van der Waals surface area contributed by atoms with Crippen LogP contribution in [0.3, 0.4) is 0 Å². The topological polar surface area (TPSA) is 29.1 Å². The van der Waals surface area contributed by atoms with Gasteiger partial charge in [-0.2, -0.15) is 0 Å². The van der Waals surface area contributed by atoms with Crippen LogP contribution in [0.5, 0.6) is 0 Å². The molecule has 22 heavy (non-hydrogen) atoms. The maximum Gasteiger partial charge on any atom is 0.228 e. The molecule has 0 aromatic heterocycles. The molecule has 0 aliphatic carbocycles. The molecule has 0 heterocycles. The Balaban J connectivity index is 2.09. The predicted octanol–water partition coefficient (Wildman–Crippen LogP) is 5.24. The zero-order valence-electron chi connectivity index (χ0n) is 13.5. The molecule has 0 aliphatic heterocycles. The molecule has 116 valence electrons. The maximum absolute atomic E-state index is 12.3. The molecule has 0 bridgehead atoms. The average Bonchev–Trinajstić information content (AvgIpc) is 2.41. The van der Waals surface area contributed by atoms with Crippen LogP contribution in [0.15, 0.2) is 46.9 Å². The summed E-state index contributed by atoms with van der Waals surface area (Å²) in [5.74, 6) is 0.0106. The lowest BCUT2D eigenvalue weighted by Crippen LogP contribution is -2.16. The number of nitrogens with one attached hydrogen (secondary N) is 1. The third kappa shape index (κ3) is 4.44. The summed E-state index contributed by atoms with van der Waals surface area (Å²) in [5.41, 5.74) is 4.31. The SMILES string of the molecule is Cc1cc(Br)ccc1CC(=O)Nc1cccc(C(C)(C)C)c1. The fourth-order valence-corrected chi connectivity index (χ4v) is 2.77. The molecule has 0 saturated heterocycles. The lowest BCUT2D eigenvalue weighted by atomic mass is 9.87. The van der Waals surface area contributed by atoms with Crippen molar-refractivity contribution in [2.45, 2.75) is 39.5 Å². The van der Waals surface area contributed by atoms with E-state index in [1.54, 1.807) is 0 Å². The highest BCUT2D eigenvalue weighted by Crippen LogP contribution is 2.24. The first-order valence-electron chi connectivity index (χ1n) is 7.41. The number of benzene rings is 2. The Labute approximate surface area is 141 Å². The number of hydrogen-bond donors (Lipinski definition) is 1. The van der Waals surface area contributed by atoms with Gasteiger partial charge >= 0.3 is 0 Å². The van der Waals surface area contributed by atoms with Crippen molar-refractivity contribution in [3.63, 3.8) is 0 Å². The first-order valence-corrected chi connectivity index (χ1v) is 8.20. The van der Waals surface area contributed by atoms with Crippen LogP contribution in [-0.4, -0.2) is 5.91 Å². The number of amides is 1. The van der Waals surface area contributed by atoms with E-state index in [9.17, 15) is 4.79 Å². The minimum atomic E-state index is 0.0106.